The van der Waals surface area contributed by atoms with Crippen LogP contribution in [0.4, 0.5) is 0 Å². The lowest BCUT2D eigenvalue weighted by Crippen LogP contribution is -2.03. The van der Waals surface area contributed by atoms with Crippen LogP contribution in [0.3, 0.4) is 0 Å². The van der Waals surface area contributed by atoms with Gasteiger partial charge in [-0.2, -0.15) is 0 Å². The Kier molecular flexibility index (Phi) is 17.0. The second kappa shape index (κ2) is 18.2. The fraction of sp³-hybridized carbons (Fsp3) is 0.714. The van der Waals surface area contributed by atoms with Crippen LogP contribution in [0.1, 0.15) is 83.5 Å². The highest BCUT2D eigenvalue weighted by Gasteiger charge is 2.02. The molecule has 0 aliphatic heterocycles. The Morgan fingerprint density at radius 2 is 1.50 bits per heavy atom. The Hall–Kier alpha value is -1.62. The van der Waals surface area contributed by atoms with Gasteiger partial charge in [-0.15, -0.1) is 0 Å². The highest BCUT2D eigenvalue weighted by molar-refractivity contribution is 5.69. The van der Waals surface area contributed by atoms with Gasteiger partial charge < -0.3 is 14.9 Å². The number of carboxylic acid groups (broad SMARTS) is 1. The molecule has 0 aromatic heterocycles. The largest absolute Gasteiger partial charge is 0.481 e. The number of carboxylic acids is 1. The van der Waals surface area contributed by atoms with E-state index in [4.69, 9.17) is 5.11 Å². The number of rotatable bonds is 17. The lowest BCUT2D eigenvalue weighted by Gasteiger charge is -2.04. The highest BCUT2D eigenvalue weighted by atomic mass is 16.5. The number of hydrogen-bond donors (Lipinski definition) is 2. The summed E-state index contributed by atoms with van der Waals surface area (Å²) in [6.07, 6.45) is 19.0. The SMILES string of the molecule is COC(=O)CCCCC(O)/C=C/C=C/CCCCCCCCCC(=O)O. The molecule has 0 heterocycles. The number of ether oxygens (including phenoxy) is 1. The molecule has 0 spiro atoms. The Balaban J connectivity index is 3.41. The van der Waals surface area contributed by atoms with Gasteiger partial charge in [-0.25, -0.2) is 0 Å². The number of esters is 1. The molecule has 0 aromatic rings. The van der Waals surface area contributed by atoms with Crippen LogP contribution in [0, 0.1) is 0 Å². The van der Waals surface area contributed by atoms with Gasteiger partial charge in [0.2, 0.25) is 0 Å². The number of methoxy groups -OCH3 is 1. The smallest absolute Gasteiger partial charge is 0.305 e. The van der Waals surface area contributed by atoms with Crippen molar-refractivity contribution in [1.82, 2.24) is 0 Å². The Morgan fingerprint density at radius 3 is 2.15 bits per heavy atom. The molecule has 26 heavy (non-hydrogen) atoms. The Morgan fingerprint density at radius 1 is 0.885 bits per heavy atom. The van der Waals surface area contributed by atoms with Crippen molar-refractivity contribution in [3.8, 4) is 0 Å². The van der Waals surface area contributed by atoms with Crippen molar-refractivity contribution >= 4 is 11.9 Å². The van der Waals surface area contributed by atoms with Crippen LogP contribution in [0.25, 0.3) is 0 Å². The fourth-order valence-electron chi connectivity index (χ4n) is 2.61. The summed E-state index contributed by atoms with van der Waals surface area (Å²) in [6.45, 7) is 0. The standard InChI is InChI=1S/C21H36O5/c1-26-21(25)18-14-13-16-19(22)15-11-9-7-5-3-2-4-6-8-10-12-17-20(23)24/h7,9,11,15,19,22H,2-6,8,10,12-14,16-18H2,1H3,(H,23,24)/b9-7+,15-11+. The van der Waals surface area contributed by atoms with E-state index in [0.717, 1.165) is 44.9 Å². The second-order valence-electron chi connectivity index (χ2n) is 6.61. The van der Waals surface area contributed by atoms with E-state index >= 15 is 0 Å². The van der Waals surface area contributed by atoms with Crippen LogP contribution >= 0.6 is 0 Å². The maximum absolute atomic E-state index is 10.9. The van der Waals surface area contributed by atoms with Gasteiger partial charge in [0.15, 0.2) is 0 Å². The van der Waals surface area contributed by atoms with E-state index in [2.05, 4.69) is 10.8 Å². The van der Waals surface area contributed by atoms with Crippen molar-refractivity contribution in [1.29, 1.82) is 0 Å². The van der Waals surface area contributed by atoms with Crippen molar-refractivity contribution in [2.45, 2.75) is 89.6 Å². The van der Waals surface area contributed by atoms with Gasteiger partial charge in [0.05, 0.1) is 13.2 Å². The minimum absolute atomic E-state index is 0.198. The first-order chi connectivity index (χ1) is 12.6. The van der Waals surface area contributed by atoms with Gasteiger partial charge in [-0.05, 0) is 38.5 Å². The summed E-state index contributed by atoms with van der Waals surface area (Å²) < 4.78 is 4.57. The van der Waals surface area contributed by atoms with Crippen molar-refractivity contribution in [2.24, 2.45) is 0 Å². The third kappa shape index (κ3) is 18.7. The van der Waals surface area contributed by atoms with E-state index in [1.165, 1.54) is 26.4 Å². The quantitative estimate of drug-likeness (QED) is 0.219. The molecule has 0 rings (SSSR count). The molecule has 0 radical (unpaired) electrons. The monoisotopic (exact) mass is 368 g/mol. The molecule has 0 saturated heterocycles. The highest BCUT2D eigenvalue weighted by Crippen LogP contribution is 2.10. The molecule has 0 aliphatic carbocycles. The van der Waals surface area contributed by atoms with Crippen molar-refractivity contribution < 1.29 is 24.5 Å². The van der Waals surface area contributed by atoms with Crippen molar-refractivity contribution in [3.63, 3.8) is 0 Å². The number of aliphatic carboxylic acids is 1. The van der Waals surface area contributed by atoms with Gasteiger partial charge in [0.1, 0.15) is 0 Å². The van der Waals surface area contributed by atoms with Gasteiger partial charge in [-0.1, -0.05) is 56.4 Å². The average molecular weight is 369 g/mol. The molecule has 1 unspecified atom stereocenters. The van der Waals surface area contributed by atoms with E-state index in [0.29, 0.717) is 19.3 Å². The molecule has 0 aromatic carbocycles. The molecule has 0 aliphatic rings. The maximum Gasteiger partial charge on any atom is 0.305 e. The topological polar surface area (TPSA) is 83.8 Å². The molecule has 0 fully saturated rings. The molecule has 1 atom stereocenters. The molecule has 0 bridgehead atoms. The first-order valence-electron chi connectivity index (χ1n) is 9.86. The Bertz CT molecular complexity index is 415. The van der Waals surface area contributed by atoms with Gasteiger partial charge in [0.25, 0.3) is 0 Å². The summed E-state index contributed by atoms with van der Waals surface area (Å²) in [4.78, 5) is 21.3. The summed E-state index contributed by atoms with van der Waals surface area (Å²) in [5.41, 5.74) is 0. The predicted molar refractivity (Wildman–Crippen MR) is 104 cm³/mol. The minimum Gasteiger partial charge on any atom is -0.481 e. The number of carbonyl (C=O) groups is 2. The molecular weight excluding hydrogens is 332 g/mol. The van der Waals surface area contributed by atoms with Crippen molar-refractivity contribution in [3.05, 3.63) is 24.3 Å². The lowest BCUT2D eigenvalue weighted by atomic mass is 10.1. The van der Waals surface area contributed by atoms with Crippen LogP contribution in [0.15, 0.2) is 24.3 Å². The van der Waals surface area contributed by atoms with Crippen LogP contribution in [0.5, 0.6) is 0 Å². The van der Waals surface area contributed by atoms with Crippen LogP contribution in [-0.2, 0) is 14.3 Å². The predicted octanol–water partition coefficient (Wildman–Crippen LogP) is 4.79. The summed E-state index contributed by atoms with van der Waals surface area (Å²) in [6, 6.07) is 0. The molecule has 5 nitrogen and oxygen atoms in total. The van der Waals surface area contributed by atoms with Gasteiger partial charge in [-0.3, -0.25) is 9.59 Å². The van der Waals surface area contributed by atoms with Gasteiger partial charge in [0, 0.05) is 12.8 Å². The number of unbranched alkanes of at least 4 members (excludes halogenated alkanes) is 8. The summed E-state index contributed by atoms with van der Waals surface area (Å²) >= 11 is 0. The first-order valence-corrected chi connectivity index (χ1v) is 9.86. The van der Waals surface area contributed by atoms with Gasteiger partial charge >= 0.3 is 11.9 Å². The zero-order valence-corrected chi connectivity index (χ0v) is 16.2. The number of aliphatic hydroxyl groups excluding tert-OH is 1. The molecule has 150 valence electrons. The second-order valence-corrected chi connectivity index (χ2v) is 6.61. The molecule has 2 N–H and O–H groups in total. The number of aliphatic hydroxyl groups is 1. The minimum atomic E-state index is -0.697. The van der Waals surface area contributed by atoms with E-state index in [9.17, 15) is 14.7 Å². The summed E-state index contributed by atoms with van der Waals surface area (Å²) in [5, 5.41) is 18.3. The zero-order chi connectivity index (χ0) is 19.5. The fourth-order valence-corrected chi connectivity index (χ4v) is 2.61. The molecule has 5 heteroatoms. The Labute approximate surface area is 158 Å². The van der Waals surface area contributed by atoms with Crippen LogP contribution < -0.4 is 0 Å². The number of hydrogen-bond acceptors (Lipinski definition) is 4. The third-order valence-corrected chi connectivity index (χ3v) is 4.20. The van der Waals surface area contributed by atoms with Crippen molar-refractivity contribution in [2.75, 3.05) is 7.11 Å². The van der Waals surface area contributed by atoms with E-state index in [-0.39, 0.29) is 5.97 Å². The van der Waals surface area contributed by atoms with E-state index in [1.54, 1.807) is 6.08 Å². The number of carbonyl (C=O) groups excluding carboxylic acids is 1. The van der Waals surface area contributed by atoms with E-state index in [1.807, 2.05) is 12.2 Å². The molecule has 0 saturated carbocycles. The average Bonchev–Trinajstić information content (AvgIpc) is 2.62. The molecular formula is C21H36O5. The summed E-state index contributed by atoms with van der Waals surface area (Å²) in [5.74, 6) is -0.895. The maximum atomic E-state index is 10.9. The normalized spacial score (nSPS) is 12.7. The molecule has 0 amide bonds. The lowest BCUT2D eigenvalue weighted by molar-refractivity contribution is -0.141. The first kappa shape index (κ1) is 24.4. The van der Waals surface area contributed by atoms with E-state index < -0.39 is 12.1 Å². The summed E-state index contributed by atoms with van der Waals surface area (Å²) in [7, 11) is 1.39. The zero-order valence-electron chi connectivity index (χ0n) is 16.2. The number of allylic oxidation sites excluding steroid dienone is 3. The van der Waals surface area contributed by atoms with Crippen LogP contribution in [-0.4, -0.2) is 35.4 Å². The van der Waals surface area contributed by atoms with Crippen LogP contribution in [0.2, 0.25) is 0 Å². The third-order valence-electron chi connectivity index (χ3n) is 4.20.